The second-order valence-electron chi connectivity index (χ2n) is 5.81. The Morgan fingerprint density at radius 3 is 2.72 bits per heavy atom. The smallest absolute Gasteiger partial charge is 0.242 e. The van der Waals surface area contributed by atoms with E-state index in [1.807, 2.05) is 32.2 Å². The van der Waals surface area contributed by atoms with Gasteiger partial charge in [0.2, 0.25) is 11.8 Å². The zero-order valence-corrected chi connectivity index (χ0v) is 15.4. The molecule has 3 N–H and O–H groups in total. The first-order chi connectivity index (χ1) is 12.0. The summed E-state index contributed by atoms with van der Waals surface area (Å²) >= 11 is 6.04. The van der Waals surface area contributed by atoms with Crippen LogP contribution in [0.1, 0.15) is 32.8 Å². The number of aromatic nitrogens is 2. The summed E-state index contributed by atoms with van der Waals surface area (Å²) in [7, 11) is 0. The van der Waals surface area contributed by atoms with Crippen LogP contribution in [0.2, 0.25) is 5.15 Å². The minimum absolute atomic E-state index is 0.168. The minimum atomic E-state index is -0.610. The quantitative estimate of drug-likeness (QED) is 0.661. The highest BCUT2D eigenvalue weighted by Gasteiger charge is 2.20. The van der Waals surface area contributed by atoms with Crippen LogP contribution in [-0.2, 0) is 16.1 Å². The van der Waals surface area contributed by atoms with Gasteiger partial charge in [-0.2, -0.15) is 0 Å². The lowest BCUT2D eigenvalue weighted by Crippen LogP contribution is -2.51. The number of pyridine rings is 1. The average Bonchev–Trinajstić information content (AvgIpc) is 2.97. The number of carbonyl (C=O) groups is 2. The molecule has 0 fully saturated rings. The van der Waals surface area contributed by atoms with E-state index in [9.17, 15) is 9.59 Å². The number of amides is 2. The SMILES string of the molecule is CCN[C@H](CC)C(=O)N[C@@H](C)C(=O)NCc1ccc2ncc(Cl)n2c1. The molecule has 0 saturated heterocycles. The normalized spacial score (nSPS) is 13.4. The maximum Gasteiger partial charge on any atom is 0.242 e. The first-order valence-electron chi connectivity index (χ1n) is 8.39. The topological polar surface area (TPSA) is 87.5 Å². The first kappa shape index (κ1) is 19.2. The lowest BCUT2D eigenvalue weighted by atomic mass is 10.2. The van der Waals surface area contributed by atoms with Crippen molar-refractivity contribution in [1.29, 1.82) is 0 Å². The van der Waals surface area contributed by atoms with Crippen LogP contribution < -0.4 is 16.0 Å². The molecular weight excluding hydrogens is 342 g/mol. The largest absolute Gasteiger partial charge is 0.350 e. The molecule has 2 rings (SSSR count). The van der Waals surface area contributed by atoms with Crippen LogP contribution in [0.4, 0.5) is 0 Å². The summed E-state index contributed by atoms with van der Waals surface area (Å²) in [4.78, 5) is 28.5. The third-order valence-electron chi connectivity index (χ3n) is 3.92. The molecule has 2 atom stereocenters. The molecule has 0 unspecified atom stereocenters. The van der Waals surface area contributed by atoms with Gasteiger partial charge < -0.3 is 16.0 Å². The minimum Gasteiger partial charge on any atom is -0.350 e. The van der Waals surface area contributed by atoms with Crippen molar-refractivity contribution in [3.63, 3.8) is 0 Å². The maximum absolute atomic E-state index is 12.2. The van der Waals surface area contributed by atoms with Crippen molar-refractivity contribution in [2.24, 2.45) is 0 Å². The van der Waals surface area contributed by atoms with E-state index in [1.54, 1.807) is 17.5 Å². The predicted molar refractivity (Wildman–Crippen MR) is 97.4 cm³/mol. The molecule has 0 spiro atoms. The Morgan fingerprint density at radius 2 is 2.04 bits per heavy atom. The Labute approximate surface area is 152 Å². The number of hydrogen-bond acceptors (Lipinski definition) is 4. The second-order valence-corrected chi connectivity index (χ2v) is 6.20. The number of carbonyl (C=O) groups excluding carboxylic acids is 2. The Balaban J connectivity index is 1.89. The summed E-state index contributed by atoms with van der Waals surface area (Å²) in [6.07, 6.45) is 4.07. The van der Waals surface area contributed by atoms with E-state index in [2.05, 4.69) is 20.9 Å². The van der Waals surface area contributed by atoms with Gasteiger partial charge in [0.25, 0.3) is 0 Å². The molecule has 2 aromatic rings. The average molecular weight is 366 g/mol. The van der Waals surface area contributed by atoms with Crippen LogP contribution in [0.25, 0.3) is 5.65 Å². The number of nitrogens with one attached hydrogen (secondary N) is 3. The van der Waals surface area contributed by atoms with E-state index in [-0.39, 0.29) is 17.9 Å². The third kappa shape index (κ3) is 4.93. The standard InChI is InChI=1S/C17H24ClN5O2/c1-4-13(19-5-2)17(25)22-11(3)16(24)21-8-12-6-7-15-20-9-14(18)23(15)10-12/h6-7,9-11,13,19H,4-5,8H2,1-3H3,(H,21,24)(H,22,25)/t11-,13+/m0/s1. The van der Waals surface area contributed by atoms with Gasteiger partial charge in [-0.05, 0) is 31.5 Å². The van der Waals surface area contributed by atoms with Crippen molar-refractivity contribution in [2.75, 3.05) is 6.54 Å². The summed E-state index contributed by atoms with van der Waals surface area (Å²) in [5.41, 5.74) is 1.63. The molecule has 0 aliphatic heterocycles. The molecule has 0 bridgehead atoms. The van der Waals surface area contributed by atoms with Crippen LogP contribution in [0.5, 0.6) is 0 Å². The zero-order valence-electron chi connectivity index (χ0n) is 14.7. The number of likely N-dealkylation sites (N-methyl/N-ethyl adjacent to an activating group) is 1. The molecule has 2 amide bonds. The highest BCUT2D eigenvalue weighted by atomic mass is 35.5. The molecule has 0 saturated carbocycles. The summed E-state index contributed by atoms with van der Waals surface area (Å²) in [5, 5.41) is 9.16. The van der Waals surface area contributed by atoms with Gasteiger partial charge >= 0.3 is 0 Å². The van der Waals surface area contributed by atoms with Gasteiger partial charge in [0.15, 0.2) is 0 Å². The molecular formula is C17H24ClN5O2. The van der Waals surface area contributed by atoms with Crippen molar-refractivity contribution < 1.29 is 9.59 Å². The molecule has 8 heteroatoms. The predicted octanol–water partition coefficient (Wildman–Crippen LogP) is 1.50. The molecule has 0 aliphatic carbocycles. The summed E-state index contributed by atoms with van der Waals surface area (Å²) in [6, 6.07) is 2.81. The molecule has 0 aliphatic rings. The van der Waals surface area contributed by atoms with E-state index in [0.717, 1.165) is 11.2 Å². The van der Waals surface area contributed by atoms with Crippen LogP contribution in [0.3, 0.4) is 0 Å². The third-order valence-corrected chi connectivity index (χ3v) is 4.20. The number of imidazole rings is 1. The van der Waals surface area contributed by atoms with E-state index < -0.39 is 6.04 Å². The van der Waals surface area contributed by atoms with Gasteiger partial charge in [-0.25, -0.2) is 4.98 Å². The van der Waals surface area contributed by atoms with Crippen LogP contribution in [0, 0.1) is 0 Å². The molecule has 0 aromatic carbocycles. The Bertz CT molecular complexity index is 746. The monoisotopic (exact) mass is 365 g/mol. The summed E-state index contributed by atoms with van der Waals surface area (Å²) in [6.45, 7) is 6.58. The van der Waals surface area contributed by atoms with Crippen molar-refractivity contribution >= 4 is 29.1 Å². The maximum atomic E-state index is 12.2. The molecule has 2 aromatic heterocycles. The fraction of sp³-hybridized carbons (Fsp3) is 0.471. The Morgan fingerprint density at radius 1 is 1.28 bits per heavy atom. The molecule has 136 valence electrons. The van der Waals surface area contributed by atoms with E-state index in [1.165, 1.54) is 0 Å². The van der Waals surface area contributed by atoms with Crippen molar-refractivity contribution in [1.82, 2.24) is 25.3 Å². The number of nitrogens with zero attached hydrogens (tertiary/aromatic N) is 2. The fourth-order valence-corrected chi connectivity index (χ4v) is 2.67. The molecule has 2 heterocycles. The molecule has 7 nitrogen and oxygen atoms in total. The van der Waals surface area contributed by atoms with Gasteiger partial charge in [-0.15, -0.1) is 0 Å². The zero-order chi connectivity index (χ0) is 18.4. The van der Waals surface area contributed by atoms with Gasteiger partial charge in [0, 0.05) is 12.7 Å². The lowest BCUT2D eigenvalue weighted by molar-refractivity contribution is -0.129. The second kappa shape index (κ2) is 8.82. The van der Waals surface area contributed by atoms with Crippen molar-refractivity contribution in [3.8, 4) is 0 Å². The van der Waals surface area contributed by atoms with Crippen molar-refractivity contribution in [3.05, 3.63) is 35.2 Å². The van der Waals surface area contributed by atoms with Crippen molar-refractivity contribution in [2.45, 2.75) is 45.8 Å². The lowest BCUT2D eigenvalue weighted by Gasteiger charge is -2.19. The van der Waals surface area contributed by atoms with Gasteiger partial charge in [-0.1, -0.05) is 31.5 Å². The van der Waals surface area contributed by atoms with Gasteiger partial charge in [-0.3, -0.25) is 14.0 Å². The van der Waals surface area contributed by atoms with Crippen LogP contribution in [0.15, 0.2) is 24.5 Å². The van der Waals surface area contributed by atoms with E-state index in [4.69, 9.17) is 11.6 Å². The van der Waals surface area contributed by atoms with Gasteiger partial charge in [0.1, 0.15) is 16.8 Å². The first-order valence-corrected chi connectivity index (χ1v) is 8.77. The molecule has 0 radical (unpaired) electrons. The number of rotatable bonds is 8. The van der Waals surface area contributed by atoms with E-state index in [0.29, 0.717) is 24.7 Å². The Kier molecular flexibility index (Phi) is 6.78. The van der Waals surface area contributed by atoms with Gasteiger partial charge in [0.05, 0.1) is 12.2 Å². The fourth-order valence-electron chi connectivity index (χ4n) is 2.49. The summed E-state index contributed by atoms with van der Waals surface area (Å²) < 4.78 is 1.75. The number of halogens is 1. The van der Waals surface area contributed by atoms with Crippen LogP contribution in [-0.4, -0.2) is 39.8 Å². The Hall–Kier alpha value is -2.12. The summed E-state index contributed by atoms with van der Waals surface area (Å²) in [5.74, 6) is -0.407. The number of hydrogen-bond donors (Lipinski definition) is 3. The van der Waals surface area contributed by atoms with Crippen LogP contribution >= 0.6 is 11.6 Å². The van der Waals surface area contributed by atoms with E-state index >= 15 is 0 Å². The highest BCUT2D eigenvalue weighted by Crippen LogP contribution is 2.13. The molecule has 25 heavy (non-hydrogen) atoms. The highest BCUT2D eigenvalue weighted by molar-refractivity contribution is 6.29. The number of fused-ring (bicyclic) bond motifs is 1.